The van der Waals surface area contributed by atoms with E-state index in [4.69, 9.17) is 4.74 Å². The van der Waals surface area contributed by atoms with Crippen LogP contribution in [0.15, 0.2) is 78.4 Å². The maximum Gasteiger partial charge on any atom is 0.300 e. The molecule has 1 aliphatic heterocycles. The van der Waals surface area contributed by atoms with Crippen LogP contribution in [0.25, 0.3) is 17.1 Å². The molecule has 2 N–H and O–H groups in total. The number of hydrogen-bond acceptors (Lipinski definition) is 9. The van der Waals surface area contributed by atoms with Gasteiger partial charge < -0.3 is 9.84 Å². The van der Waals surface area contributed by atoms with E-state index in [-0.39, 0.29) is 22.8 Å². The smallest absolute Gasteiger partial charge is 0.300 e. The van der Waals surface area contributed by atoms with E-state index in [0.717, 1.165) is 0 Å². The molecule has 0 spiro atoms. The van der Waals surface area contributed by atoms with Gasteiger partial charge in [-0.1, -0.05) is 12.1 Å². The largest absolute Gasteiger partial charge is 0.507 e. The number of aliphatic hydroxyl groups is 1. The summed E-state index contributed by atoms with van der Waals surface area (Å²) in [6.07, 6.45) is 0. The first-order valence-electron chi connectivity index (χ1n) is 10.9. The fraction of sp³-hybridized carbons (Fsp3) is 0.0800. The number of carbonyl (C=O) groups is 2. The van der Waals surface area contributed by atoms with Gasteiger partial charge in [0.15, 0.2) is 0 Å². The number of methoxy groups -OCH3 is 1. The quantitative estimate of drug-likeness (QED) is 0.133. The van der Waals surface area contributed by atoms with Gasteiger partial charge >= 0.3 is 0 Å². The van der Waals surface area contributed by atoms with E-state index < -0.39 is 22.7 Å². The van der Waals surface area contributed by atoms with E-state index in [2.05, 4.69) is 20.6 Å². The summed E-state index contributed by atoms with van der Waals surface area (Å²) in [6, 6.07) is 17.3. The zero-order valence-corrected chi connectivity index (χ0v) is 19.2. The number of amides is 1. The molecule has 0 aliphatic carbocycles. The number of anilines is 1. The van der Waals surface area contributed by atoms with Gasteiger partial charge in [0.05, 0.1) is 23.6 Å². The third kappa shape index (κ3) is 4.16. The number of carbonyl (C=O) groups excluding carboxylic acids is 2. The monoisotopic (exact) mass is 498 g/mol. The Balaban J connectivity index is 1.68. The van der Waals surface area contributed by atoms with Crippen molar-refractivity contribution in [2.75, 3.05) is 12.0 Å². The third-order valence-electron chi connectivity index (χ3n) is 5.96. The summed E-state index contributed by atoms with van der Waals surface area (Å²) in [5, 5.41) is 36.2. The molecule has 184 valence electrons. The Bertz CT molecular complexity index is 1530. The summed E-state index contributed by atoms with van der Waals surface area (Å²) in [7, 11) is 1.50. The highest BCUT2D eigenvalue weighted by molar-refractivity contribution is 6.51. The number of nitro groups is 1. The van der Waals surface area contributed by atoms with E-state index in [9.17, 15) is 24.8 Å². The number of H-pyrrole nitrogens is 1. The lowest BCUT2D eigenvalue weighted by molar-refractivity contribution is -0.384. The van der Waals surface area contributed by atoms with E-state index in [1.54, 1.807) is 48.5 Å². The van der Waals surface area contributed by atoms with E-state index in [0.29, 0.717) is 28.1 Å². The molecular weight excluding hydrogens is 480 g/mol. The Morgan fingerprint density at radius 3 is 2.43 bits per heavy atom. The zero-order chi connectivity index (χ0) is 26.1. The number of tetrazole rings is 1. The van der Waals surface area contributed by atoms with Crippen molar-refractivity contribution in [1.82, 2.24) is 20.6 Å². The van der Waals surface area contributed by atoms with Gasteiger partial charge in [0.2, 0.25) is 5.82 Å². The minimum Gasteiger partial charge on any atom is -0.507 e. The number of aromatic nitrogens is 4. The average Bonchev–Trinajstić information content (AvgIpc) is 3.56. The van der Waals surface area contributed by atoms with Crippen LogP contribution in [-0.2, 0) is 9.59 Å². The van der Waals surface area contributed by atoms with Crippen LogP contribution in [0, 0.1) is 10.1 Å². The number of aromatic amines is 1. The molecule has 1 saturated heterocycles. The van der Waals surface area contributed by atoms with Crippen LogP contribution in [-0.4, -0.2) is 49.5 Å². The van der Waals surface area contributed by atoms with E-state index in [1.807, 2.05) is 0 Å². The predicted octanol–water partition coefficient (Wildman–Crippen LogP) is 3.41. The van der Waals surface area contributed by atoms with Crippen molar-refractivity contribution in [2.24, 2.45) is 0 Å². The molecule has 0 radical (unpaired) electrons. The minimum absolute atomic E-state index is 0.157. The molecule has 1 unspecified atom stereocenters. The molecule has 1 aromatic heterocycles. The molecule has 37 heavy (non-hydrogen) atoms. The maximum absolute atomic E-state index is 13.4. The predicted molar refractivity (Wildman–Crippen MR) is 130 cm³/mol. The van der Waals surface area contributed by atoms with Gasteiger partial charge in [-0.3, -0.25) is 24.6 Å². The first-order chi connectivity index (χ1) is 17.9. The van der Waals surface area contributed by atoms with Crippen molar-refractivity contribution in [3.8, 4) is 17.1 Å². The summed E-state index contributed by atoms with van der Waals surface area (Å²) in [5.74, 6) is -1.34. The average molecular weight is 498 g/mol. The lowest BCUT2D eigenvalue weighted by atomic mass is 9.95. The highest BCUT2D eigenvalue weighted by atomic mass is 16.6. The van der Waals surface area contributed by atoms with Crippen LogP contribution in [0.1, 0.15) is 17.2 Å². The number of hydrogen-bond donors (Lipinski definition) is 2. The van der Waals surface area contributed by atoms with Crippen molar-refractivity contribution >= 4 is 28.8 Å². The molecule has 4 aromatic rings. The fourth-order valence-corrected chi connectivity index (χ4v) is 4.18. The van der Waals surface area contributed by atoms with Crippen LogP contribution in [0.2, 0.25) is 0 Å². The Morgan fingerprint density at radius 1 is 1.08 bits per heavy atom. The number of ketones is 1. The standard InChI is InChI=1S/C25H18N6O6/c1-37-19-11-7-15(8-12-19)22(32)20-21(14-5-9-17(10-6-14)31(35)36)30(25(34)23(20)33)18-4-2-3-16(13-18)24-26-28-29-27-24/h2-13,21,32H,1H3,(H,26,27,28,29)/b22-20+. The number of nitrogens with zero attached hydrogens (tertiary/aromatic N) is 5. The van der Waals surface area contributed by atoms with Gasteiger partial charge in [-0.15, -0.1) is 10.2 Å². The van der Waals surface area contributed by atoms with Gasteiger partial charge in [-0.25, -0.2) is 0 Å². The van der Waals surface area contributed by atoms with Gasteiger partial charge in [-0.2, -0.15) is 5.21 Å². The van der Waals surface area contributed by atoms with Gasteiger partial charge in [0.1, 0.15) is 11.5 Å². The van der Waals surface area contributed by atoms with Crippen LogP contribution in [0.3, 0.4) is 0 Å². The number of benzene rings is 3. The molecule has 12 heteroatoms. The van der Waals surface area contributed by atoms with Crippen LogP contribution in [0.4, 0.5) is 11.4 Å². The van der Waals surface area contributed by atoms with Gasteiger partial charge in [-0.05, 0) is 59.3 Å². The molecule has 3 aromatic carbocycles. The molecular formula is C25H18N6O6. The van der Waals surface area contributed by atoms with E-state index in [1.165, 1.54) is 36.3 Å². The summed E-state index contributed by atoms with van der Waals surface area (Å²) in [5.41, 5.74) is 1.24. The van der Waals surface area contributed by atoms with Gasteiger partial charge in [0.25, 0.3) is 17.4 Å². The number of nitrogens with one attached hydrogen (secondary N) is 1. The molecule has 0 bridgehead atoms. The highest BCUT2D eigenvalue weighted by Crippen LogP contribution is 2.43. The van der Waals surface area contributed by atoms with Crippen molar-refractivity contribution in [2.45, 2.75) is 6.04 Å². The number of Topliss-reactive ketones (excluding diaryl/α,β-unsaturated/α-hetero) is 1. The Morgan fingerprint density at radius 2 is 1.81 bits per heavy atom. The second-order valence-corrected chi connectivity index (χ2v) is 8.03. The lowest BCUT2D eigenvalue weighted by Crippen LogP contribution is -2.29. The van der Waals surface area contributed by atoms with E-state index >= 15 is 0 Å². The Labute approximate surface area is 209 Å². The minimum atomic E-state index is -1.07. The summed E-state index contributed by atoms with van der Waals surface area (Å²) < 4.78 is 5.15. The number of aliphatic hydroxyl groups excluding tert-OH is 1. The molecule has 1 amide bonds. The molecule has 1 fully saturated rings. The number of rotatable bonds is 6. The Kier molecular flexibility index (Phi) is 5.89. The van der Waals surface area contributed by atoms with Crippen molar-refractivity contribution in [1.29, 1.82) is 0 Å². The molecule has 0 saturated carbocycles. The highest BCUT2D eigenvalue weighted by Gasteiger charge is 2.47. The SMILES string of the molecule is COc1ccc(/C(O)=C2\C(=O)C(=O)N(c3cccc(-c4nn[nH]n4)c3)C2c2ccc([N+](=O)[O-])cc2)cc1. The van der Waals surface area contributed by atoms with Gasteiger partial charge in [0, 0.05) is 28.9 Å². The zero-order valence-electron chi connectivity index (χ0n) is 19.2. The molecule has 12 nitrogen and oxygen atoms in total. The number of nitro benzene ring substituents is 1. The molecule has 2 heterocycles. The fourth-order valence-electron chi connectivity index (χ4n) is 4.18. The second kappa shape index (κ2) is 9.34. The topological polar surface area (TPSA) is 164 Å². The number of non-ortho nitro benzene ring substituents is 1. The lowest BCUT2D eigenvalue weighted by Gasteiger charge is -2.25. The Hall–Kier alpha value is -5.39. The third-order valence-corrected chi connectivity index (χ3v) is 5.96. The molecule has 5 rings (SSSR count). The summed E-state index contributed by atoms with van der Waals surface area (Å²) in [6.45, 7) is 0. The first-order valence-corrected chi connectivity index (χ1v) is 10.9. The first kappa shape index (κ1) is 23.4. The van der Waals surface area contributed by atoms with Crippen molar-refractivity contribution in [3.63, 3.8) is 0 Å². The van der Waals surface area contributed by atoms with Crippen molar-refractivity contribution < 1.29 is 24.4 Å². The molecule has 1 atom stereocenters. The molecule has 1 aliphatic rings. The van der Waals surface area contributed by atoms with Crippen LogP contribution < -0.4 is 9.64 Å². The van der Waals surface area contributed by atoms with Crippen LogP contribution >= 0.6 is 0 Å². The van der Waals surface area contributed by atoms with Crippen molar-refractivity contribution in [3.05, 3.63) is 99.6 Å². The maximum atomic E-state index is 13.4. The second-order valence-electron chi connectivity index (χ2n) is 8.03. The summed E-state index contributed by atoms with van der Waals surface area (Å²) in [4.78, 5) is 38.6. The normalized spacial score (nSPS) is 16.7. The summed E-state index contributed by atoms with van der Waals surface area (Å²) >= 11 is 0. The number of ether oxygens (including phenoxy) is 1. The van der Waals surface area contributed by atoms with Crippen LogP contribution in [0.5, 0.6) is 5.75 Å².